The number of hydrogen-bond acceptors (Lipinski definition) is 4. The molecule has 0 spiro atoms. The van der Waals surface area contributed by atoms with Crippen molar-refractivity contribution in [1.29, 1.82) is 0 Å². The van der Waals surface area contributed by atoms with Crippen LogP contribution in [0.2, 0.25) is 4.34 Å². The fourth-order valence-corrected chi connectivity index (χ4v) is 3.64. The summed E-state index contributed by atoms with van der Waals surface area (Å²) >= 11 is 7.82. The van der Waals surface area contributed by atoms with Crippen LogP contribution in [0, 0.1) is 6.92 Å². The van der Waals surface area contributed by atoms with Crippen molar-refractivity contribution in [2.75, 3.05) is 20.8 Å². The van der Waals surface area contributed by atoms with Crippen LogP contribution in [0.5, 0.6) is 11.5 Å². The summed E-state index contributed by atoms with van der Waals surface area (Å²) in [4.78, 5) is 1.15. The van der Waals surface area contributed by atoms with Crippen molar-refractivity contribution in [2.45, 2.75) is 19.9 Å². The van der Waals surface area contributed by atoms with Gasteiger partial charge in [-0.2, -0.15) is 0 Å². The van der Waals surface area contributed by atoms with Crippen LogP contribution in [0.15, 0.2) is 24.3 Å². The predicted molar refractivity (Wildman–Crippen MR) is 89.1 cm³/mol. The first-order valence-electron chi connectivity index (χ1n) is 6.82. The highest BCUT2D eigenvalue weighted by atomic mass is 35.5. The van der Waals surface area contributed by atoms with Gasteiger partial charge >= 0.3 is 0 Å². The van der Waals surface area contributed by atoms with Gasteiger partial charge in [-0.3, -0.25) is 0 Å². The van der Waals surface area contributed by atoms with Gasteiger partial charge in [0.25, 0.3) is 0 Å². The lowest BCUT2D eigenvalue weighted by molar-refractivity contribution is 0.378. The molecule has 0 aliphatic carbocycles. The number of benzene rings is 1. The van der Waals surface area contributed by atoms with Gasteiger partial charge in [0.2, 0.25) is 0 Å². The van der Waals surface area contributed by atoms with Gasteiger partial charge in [0.15, 0.2) is 0 Å². The normalized spacial score (nSPS) is 12.2. The first kappa shape index (κ1) is 16.1. The lowest BCUT2D eigenvalue weighted by Gasteiger charge is -2.22. The number of ether oxygens (including phenoxy) is 2. The summed E-state index contributed by atoms with van der Waals surface area (Å²) in [6.45, 7) is 4.93. The molecule has 0 saturated carbocycles. The average molecular weight is 326 g/mol. The third-order valence-electron chi connectivity index (χ3n) is 3.32. The molecule has 0 fully saturated rings. The SMILES string of the molecule is CCNC(c1cc(C)c(Cl)s1)c1c(OC)cccc1OC. The van der Waals surface area contributed by atoms with Gasteiger partial charge in [-0.15, -0.1) is 11.3 Å². The number of thiophene rings is 1. The minimum atomic E-state index is -0.00250. The number of nitrogens with one attached hydrogen (secondary N) is 1. The maximum atomic E-state index is 6.24. The molecule has 1 aromatic carbocycles. The summed E-state index contributed by atoms with van der Waals surface area (Å²) in [5.41, 5.74) is 2.09. The molecule has 1 aromatic heterocycles. The van der Waals surface area contributed by atoms with E-state index in [9.17, 15) is 0 Å². The van der Waals surface area contributed by atoms with Crippen molar-refractivity contribution in [3.05, 3.63) is 44.6 Å². The maximum Gasteiger partial charge on any atom is 0.127 e. The summed E-state index contributed by atoms with van der Waals surface area (Å²) in [6, 6.07) is 7.94. The van der Waals surface area contributed by atoms with E-state index in [1.54, 1.807) is 25.6 Å². The largest absolute Gasteiger partial charge is 0.496 e. The van der Waals surface area contributed by atoms with Gasteiger partial charge in [-0.1, -0.05) is 24.6 Å². The van der Waals surface area contributed by atoms with Crippen LogP contribution in [0.1, 0.15) is 29.0 Å². The second-order valence-corrected chi connectivity index (χ2v) is 6.36. The van der Waals surface area contributed by atoms with Crippen molar-refractivity contribution in [3.63, 3.8) is 0 Å². The Kier molecular flexibility index (Phi) is 5.51. The van der Waals surface area contributed by atoms with Gasteiger partial charge < -0.3 is 14.8 Å². The molecule has 21 heavy (non-hydrogen) atoms. The number of methoxy groups -OCH3 is 2. The summed E-state index contributed by atoms with van der Waals surface area (Å²) in [6.07, 6.45) is 0. The van der Waals surface area contributed by atoms with Crippen LogP contribution in [0.3, 0.4) is 0 Å². The van der Waals surface area contributed by atoms with Gasteiger partial charge in [0.1, 0.15) is 11.5 Å². The number of aryl methyl sites for hydroxylation is 1. The first-order valence-corrected chi connectivity index (χ1v) is 8.01. The predicted octanol–water partition coefficient (Wildman–Crippen LogP) is 4.43. The lowest BCUT2D eigenvalue weighted by atomic mass is 10.0. The summed E-state index contributed by atoms with van der Waals surface area (Å²) < 4.78 is 11.9. The Labute approximate surface area is 134 Å². The molecule has 1 N–H and O–H groups in total. The molecule has 2 aromatic rings. The van der Waals surface area contributed by atoms with Gasteiger partial charge in [-0.25, -0.2) is 0 Å². The number of rotatable bonds is 6. The van der Waals surface area contributed by atoms with Crippen molar-refractivity contribution < 1.29 is 9.47 Å². The van der Waals surface area contributed by atoms with Crippen molar-refractivity contribution in [1.82, 2.24) is 5.32 Å². The number of hydrogen-bond donors (Lipinski definition) is 1. The van der Waals surface area contributed by atoms with Crippen LogP contribution in [-0.4, -0.2) is 20.8 Å². The smallest absolute Gasteiger partial charge is 0.127 e. The van der Waals surface area contributed by atoms with E-state index in [0.717, 1.165) is 38.4 Å². The molecule has 0 aliphatic heterocycles. The Morgan fingerprint density at radius 2 is 1.86 bits per heavy atom. The van der Waals surface area contributed by atoms with E-state index in [2.05, 4.69) is 18.3 Å². The molecule has 0 aliphatic rings. The third-order valence-corrected chi connectivity index (χ3v) is 4.94. The molecule has 0 amide bonds. The molecule has 2 rings (SSSR count). The standard InChI is InChI=1S/C16H20ClNO2S/c1-5-18-15(13-9-10(2)16(17)21-13)14-11(19-3)7-6-8-12(14)20-4/h6-9,15,18H,5H2,1-4H3. The summed E-state index contributed by atoms with van der Waals surface area (Å²) in [7, 11) is 3.35. The fraction of sp³-hybridized carbons (Fsp3) is 0.375. The highest BCUT2D eigenvalue weighted by Crippen LogP contribution is 2.41. The van der Waals surface area contributed by atoms with E-state index in [1.165, 1.54) is 0 Å². The van der Waals surface area contributed by atoms with E-state index in [1.807, 2.05) is 25.1 Å². The Bertz CT molecular complexity index is 571. The molecule has 0 radical (unpaired) electrons. The molecule has 1 heterocycles. The van der Waals surface area contributed by atoms with Crippen molar-refractivity contribution >= 4 is 22.9 Å². The third kappa shape index (κ3) is 3.34. The fourth-order valence-electron chi connectivity index (χ4n) is 2.34. The minimum absolute atomic E-state index is 0.00250. The Morgan fingerprint density at radius 1 is 1.24 bits per heavy atom. The monoisotopic (exact) mass is 325 g/mol. The lowest BCUT2D eigenvalue weighted by Crippen LogP contribution is -2.22. The second-order valence-electron chi connectivity index (χ2n) is 4.67. The summed E-state index contributed by atoms with van der Waals surface area (Å²) in [5, 5.41) is 3.50. The van der Waals surface area contributed by atoms with Gasteiger partial charge in [0, 0.05) is 4.88 Å². The topological polar surface area (TPSA) is 30.5 Å². The first-order chi connectivity index (χ1) is 10.1. The van der Waals surface area contributed by atoms with Crippen LogP contribution in [0.25, 0.3) is 0 Å². The molecule has 1 atom stereocenters. The van der Waals surface area contributed by atoms with E-state index in [4.69, 9.17) is 21.1 Å². The molecule has 0 bridgehead atoms. The Morgan fingerprint density at radius 3 is 2.29 bits per heavy atom. The Balaban J connectivity index is 2.57. The highest BCUT2D eigenvalue weighted by Gasteiger charge is 2.24. The summed E-state index contributed by atoms with van der Waals surface area (Å²) in [5.74, 6) is 1.62. The van der Waals surface area contributed by atoms with Gasteiger partial charge in [-0.05, 0) is 37.2 Å². The van der Waals surface area contributed by atoms with Crippen LogP contribution in [0.4, 0.5) is 0 Å². The van der Waals surface area contributed by atoms with E-state index < -0.39 is 0 Å². The molecule has 5 heteroatoms. The quantitative estimate of drug-likeness (QED) is 0.852. The molecule has 1 unspecified atom stereocenters. The molecule has 0 saturated heterocycles. The maximum absolute atomic E-state index is 6.24. The van der Waals surface area contributed by atoms with Crippen molar-refractivity contribution in [3.8, 4) is 11.5 Å². The highest BCUT2D eigenvalue weighted by molar-refractivity contribution is 7.16. The van der Waals surface area contributed by atoms with Gasteiger partial charge in [0.05, 0.1) is 30.2 Å². The average Bonchev–Trinajstić information content (AvgIpc) is 2.83. The zero-order valence-electron chi connectivity index (χ0n) is 12.7. The van der Waals surface area contributed by atoms with Crippen LogP contribution in [-0.2, 0) is 0 Å². The number of halogens is 1. The van der Waals surface area contributed by atoms with Crippen molar-refractivity contribution in [2.24, 2.45) is 0 Å². The molecule has 114 valence electrons. The van der Waals surface area contributed by atoms with Crippen LogP contribution >= 0.6 is 22.9 Å². The second kappa shape index (κ2) is 7.16. The van der Waals surface area contributed by atoms with Crippen LogP contribution < -0.4 is 14.8 Å². The molecular weight excluding hydrogens is 306 g/mol. The Hall–Kier alpha value is -1.23. The zero-order chi connectivity index (χ0) is 15.4. The van der Waals surface area contributed by atoms with E-state index in [-0.39, 0.29) is 6.04 Å². The van der Waals surface area contributed by atoms with E-state index in [0.29, 0.717) is 0 Å². The molecular formula is C16H20ClNO2S. The zero-order valence-corrected chi connectivity index (χ0v) is 14.3. The molecule has 3 nitrogen and oxygen atoms in total. The minimum Gasteiger partial charge on any atom is -0.496 e. The van der Waals surface area contributed by atoms with E-state index >= 15 is 0 Å².